The molecule has 0 heterocycles. The van der Waals surface area contributed by atoms with E-state index in [0.717, 1.165) is 12.8 Å². The Labute approximate surface area is 93.4 Å². The first-order valence-electron chi connectivity index (χ1n) is 5.96. The molecular formula is C13H24O2. The van der Waals surface area contributed by atoms with Gasteiger partial charge in [0.25, 0.3) is 0 Å². The predicted molar refractivity (Wildman–Crippen MR) is 61.9 cm³/mol. The summed E-state index contributed by atoms with van der Waals surface area (Å²) in [4.78, 5) is 11.6. The van der Waals surface area contributed by atoms with Gasteiger partial charge in [-0.25, -0.2) is 0 Å². The van der Waals surface area contributed by atoms with E-state index in [1.807, 2.05) is 0 Å². The summed E-state index contributed by atoms with van der Waals surface area (Å²) in [5, 5.41) is 0. The first kappa shape index (κ1) is 12.7. The smallest absolute Gasteiger partial charge is 0.159 e. The van der Waals surface area contributed by atoms with Crippen LogP contribution in [0.1, 0.15) is 59.8 Å². The molecule has 15 heavy (non-hydrogen) atoms. The molecular weight excluding hydrogens is 188 g/mol. The van der Waals surface area contributed by atoms with E-state index in [9.17, 15) is 4.79 Å². The lowest BCUT2D eigenvalue weighted by Gasteiger charge is -2.25. The number of hydrogen-bond donors (Lipinski definition) is 0. The van der Waals surface area contributed by atoms with Crippen LogP contribution in [0.5, 0.6) is 0 Å². The maximum absolute atomic E-state index is 11.6. The molecule has 0 N–H and O–H groups in total. The van der Waals surface area contributed by atoms with Crippen LogP contribution < -0.4 is 0 Å². The second-order valence-corrected chi connectivity index (χ2v) is 6.22. The maximum atomic E-state index is 11.6. The van der Waals surface area contributed by atoms with Crippen LogP contribution in [0.15, 0.2) is 0 Å². The largest absolute Gasteiger partial charge is 0.368 e. The first-order chi connectivity index (χ1) is 6.81. The van der Waals surface area contributed by atoms with Gasteiger partial charge in [-0.3, -0.25) is 4.79 Å². The lowest BCUT2D eigenvalue weighted by Crippen LogP contribution is -2.28. The molecule has 0 aliphatic heterocycles. The van der Waals surface area contributed by atoms with Crippen molar-refractivity contribution in [2.75, 3.05) is 6.61 Å². The number of rotatable bonds is 4. The van der Waals surface area contributed by atoms with E-state index in [0.29, 0.717) is 13.0 Å². The fraction of sp³-hybridized carbons (Fsp3) is 0.923. The van der Waals surface area contributed by atoms with Crippen LogP contribution in [0, 0.1) is 5.41 Å². The van der Waals surface area contributed by atoms with Gasteiger partial charge < -0.3 is 4.74 Å². The Hall–Kier alpha value is -0.370. The summed E-state index contributed by atoms with van der Waals surface area (Å²) in [7, 11) is 0. The second-order valence-electron chi connectivity index (χ2n) is 6.22. The first-order valence-corrected chi connectivity index (χ1v) is 5.96. The van der Waals surface area contributed by atoms with Gasteiger partial charge in [-0.2, -0.15) is 0 Å². The Bertz CT molecular complexity index is 219. The van der Waals surface area contributed by atoms with Crippen LogP contribution in [0.25, 0.3) is 0 Å². The topological polar surface area (TPSA) is 26.3 Å². The number of Topliss-reactive ketones (excluding diaryl/α,β-unsaturated/α-hetero) is 1. The zero-order valence-electron chi connectivity index (χ0n) is 10.6. The predicted octanol–water partition coefficient (Wildman–Crippen LogP) is 3.34. The van der Waals surface area contributed by atoms with Gasteiger partial charge in [0.1, 0.15) is 6.61 Å². The van der Waals surface area contributed by atoms with E-state index < -0.39 is 0 Å². The van der Waals surface area contributed by atoms with Crippen molar-refractivity contribution in [1.82, 2.24) is 0 Å². The molecule has 1 fully saturated rings. The Kier molecular flexibility index (Phi) is 3.93. The number of ketones is 1. The average Bonchev–Trinajstić information content (AvgIpc) is 2.47. The zero-order chi connectivity index (χ0) is 11.5. The van der Waals surface area contributed by atoms with Crippen molar-refractivity contribution in [3.05, 3.63) is 0 Å². The van der Waals surface area contributed by atoms with Crippen molar-refractivity contribution in [2.45, 2.75) is 65.4 Å². The molecule has 0 atom stereocenters. The Balaban J connectivity index is 2.28. The number of carbonyl (C=O) groups is 1. The molecule has 2 nitrogen and oxygen atoms in total. The third kappa shape index (κ3) is 4.78. The number of hydrogen-bond acceptors (Lipinski definition) is 2. The summed E-state index contributed by atoms with van der Waals surface area (Å²) >= 11 is 0. The summed E-state index contributed by atoms with van der Waals surface area (Å²) < 4.78 is 5.75. The summed E-state index contributed by atoms with van der Waals surface area (Å²) in [6.07, 6.45) is 5.31. The van der Waals surface area contributed by atoms with Crippen LogP contribution in [-0.2, 0) is 9.53 Å². The molecule has 0 amide bonds. The van der Waals surface area contributed by atoms with Gasteiger partial charge in [-0.1, -0.05) is 33.6 Å². The van der Waals surface area contributed by atoms with Crippen LogP contribution in [-0.4, -0.2) is 18.0 Å². The Morgan fingerprint density at radius 3 is 2.27 bits per heavy atom. The highest BCUT2D eigenvalue weighted by Crippen LogP contribution is 2.32. The van der Waals surface area contributed by atoms with Crippen LogP contribution in [0.3, 0.4) is 0 Å². The fourth-order valence-electron chi connectivity index (χ4n) is 2.16. The van der Waals surface area contributed by atoms with Crippen molar-refractivity contribution in [1.29, 1.82) is 0 Å². The van der Waals surface area contributed by atoms with Gasteiger partial charge in [-0.05, 0) is 25.2 Å². The van der Waals surface area contributed by atoms with Crippen LogP contribution >= 0.6 is 0 Å². The zero-order valence-corrected chi connectivity index (χ0v) is 10.6. The molecule has 0 saturated heterocycles. The Morgan fingerprint density at radius 2 is 1.80 bits per heavy atom. The monoisotopic (exact) mass is 212 g/mol. The van der Waals surface area contributed by atoms with Crippen molar-refractivity contribution >= 4 is 5.78 Å². The lowest BCUT2D eigenvalue weighted by atomic mass is 9.90. The van der Waals surface area contributed by atoms with Crippen molar-refractivity contribution in [3.8, 4) is 0 Å². The molecule has 0 radical (unpaired) electrons. The minimum atomic E-state index is -0.0203. The third-order valence-electron chi connectivity index (χ3n) is 2.97. The van der Waals surface area contributed by atoms with E-state index in [-0.39, 0.29) is 16.8 Å². The van der Waals surface area contributed by atoms with Gasteiger partial charge in [-0.15, -0.1) is 0 Å². The third-order valence-corrected chi connectivity index (χ3v) is 2.97. The normalized spacial score (nSPS) is 20.5. The Morgan fingerprint density at radius 1 is 1.27 bits per heavy atom. The minimum absolute atomic E-state index is 0.0203. The molecule has 1 aliphatic carbocycles. The summed E-state index contributed by atoms with van der Waals surface area (Å²) in [5.41, 5.74) is 0.0601. The summed E-state index contributed by atoms with van der Waals surface area (Å²) in [6, 6.07) is 0. The quantitative estimate of drug-likeness (QED) is 0.714. The molecule has 0 spiro atoms. The molecule has 0 unspecified atom stereocenters. The van der Waals surface area contributed by atoms with Crippen LogP contribution in [0.4, 0.5) is 0 Å². The fourth-order valence-corrected chi connectivity index (χ4v) is 2.16. The van der Waals surface area contributed by atoms with E-state index in [1.54, 1.807) is 0 Å². The molecule has 0 aromatic carbocycles. The van der Waals surface area contributed by atoms with E-state index in [4.69, 9.17) is 4.74 Å². The maximum Gasteiger partial charge on any atom is 0.159 e. The molecule has 0 bridgehead atoms. The lowest BCUT2D eigenvalue weighted by molar-refractivity contribution is -0.131. The standard InChI is InChI=1S/C13H24O2/c1-12(2,3)9-11(14)10-15-13(4)7-5-6-8-13/h5-10H2,1-4H3. The molecule has 1 rings (SSSR count). The van der Waals surface area contributed by atoms with Crippen molar-refractivity contribution in [3.63, 3.8) is 0 Å². The second kappa shape index (κ2) is 4.65. The van der Waals surface area contributed by atoms with Gasteiger partial charge in [0.2, 0.25) is 0 Å². The average molecular weight is 212 g/mol. The van der Waals surface area contributed by atoms with Crippen molar-refractivity contribution < 1.29 is 9.53 Å². The highest BCUT2D eigenvalue weighted by molar-refractivity contribution is 5.80. The SMILES string of the molecule is CC(C)(C)CC(=O)COC1(C)CCCC1. The van der Waals surface area contributed by atoms with E-state index >= 15 is 0 Å². The van der Waals surface area contributed by atoms with Gasteiger partial charge in [0.15, 0.2) is 5.78 Å². The van der Waals surface area contributed by atoms with Gasteiger partial charge in [0, 0.05) is 6.42 Å². The highest BCUT2D eigenvalue weighted by Gasteiger charge is 2.30. The van der Waals surface area contributed by atoms with E-state index in [2.05, 4.69) is 27.7 Å². The van der Waals surface area contributed by atoms with Gasteiger partial charge >= 0.3 is 0 Å². The van der Waals surface area contributed by atoms with Crippen LogP contribution in [0.2, 0.25) is 0 Å². The molecule has 0 aromatic heterocycles. The van der Waals surface area contributed by atoms with Crippen molar-refractivity contribution in [2.24, 2.45) is 5.41 Å². The minimum Gasteiger partial charge on any atom is -0.368 e. The molecule has 88 valence electrons. The molecule has 1 aliphatic rings. The highest BCUT2D eigenvalue weighted by atomic mass is 16.5. The number of ether oxygens (including phenoxy) is 1. The summed E-state index contributed by atoms with van der Waals surface area (Å²) in [5.74, 6) is 0.232. The molecule has 2 heteroatoms. The number of carbonyl (C=O) groups excluding carboxylic acids is 1. The van der Waals surface area contributed by atoms with Gasteiger partial charge in [0.05, 0.1) is 5.60 Å². The summed E-state index contributed by atoms with van der Waals surface area (Å²) in [6.45, 7) is 8.69. The molecule has 1 saturated carbocycles. The molecule has 0 aromatic rings. The van der Waals surface area contributed by atoms with E-state index in [1.165, 1.54) is 12.8 Å².